The van der Waals surface area contributed by atoms with E-state index in [1.54, 1.807) is 0 Å². The molecule has 0 saturated carbocycles. The molecular weight excluding hydrogens is 298 g/mol. The van der Waals surface area contributed by atoms with Crippen LogP contribution in [0.3, 0.4) is 0 Å². The lowest BCUT2D eigenvalue weighted by Crippen LogP contribution is -2.21. The van der Waals surface area contributed by atoms with Crippen molar-refractivity contribution in [1.82, 2.24) is 5.32 Å². The van der Waals surface area contributed by atoms with Crippen molar-refractivity contribution in [2.24, 2.45) is 0 Å². The summed E-state index contributed by atoms with van der Waals surface area (Å²) in [5.41, 5.74) is 2.36. The van der Waals surface area contributed by atoms with Crippen LogP contribution >= 0.6 is 27.5 Å². The molecule has 0 aromatic heterocycles. The monoisotopic (exact) mass is 315 g/mol. The molecule has 0 bridgehead atoms. The molecule has 1 aromatic rings. The van der Waals surface area contributed by atoms with E-state index in [0.717, 1.165) is 34.4 Å². The minimum atomic E-state index is 0.293. The summed E-state index contributed by atoms with van der Waals surface area (Å²) in [4.78, 5) is 0. The largest absolute Gasteiger partial charge is 0.310 e. The third-order valence-electron chi connectivity index (χ3n) is 2.67. The fraction of sp³-hybridized carbons (Fsp3) is 0.429. The summed E-state index contributed by atoms with van der Waals surface area (Å²) in [5.74, 6) is 0. The van der Waals surface area contributed by atoms with Gasteiger partial charge in [0.2, 0.25) is 0 Å². The van der Waals surface area contributed by atoms with Crippen molar-refractivity contribution in [1.29, 1.82) is 0 Å². The Hall–Kier alpha value is -0.310. The Bertz CT molecular complexity index is 390. The lowest BCUT2D eigenvalue weighted by molar-refractivity contribution is 0.514. The molecule has 0 aliphatic carbocycles. The molecule has 1 atom stereocenters. The maximum absolute atomic E-state index is 6.33. The van der Waals surface area contributed by atoms with Crippen molar-refractivity contribution in [2.75, 3.05) is 6.54 Å². The molecule has 94 valence electrons. The van der Waals surface area contributed by atoms with Crippen LogP contribution in [-0.2, 0) is 0 Å². The van der Waals surface area contributed by atoms with Crippen LogP contribution in [0, 0.1) is 0 Å². The summed E-state index contributed by atoms with van der Waals surface area (Å²) in [7, 11) is 0. The molecule has 0 radical (unpaired) electrons. The Morgan fingerprint density at radius 2 is 2.24 bits per heavy atom. The van der Waals surface area contributed by atoms with E-state index in [4.69, 9.17) is 11.6 Å². The molecule has 0 amide bonds. The molecule has 0 spiro atoms. The summed E-state index contributed by atoms with van der Waals surface area (Å²) in [5, 5.41) is 4.28. The molecule has 1 aromatic carbocycles. The Kier molecular flexibility index (Phi) is 6.24. The average molecular weight is 317 g/mol. The first-order valence-electron chi connectivity index (χ1n) is 5.88. The van der Waals surface area contributed by atoms with E-state index in [1.807, 2.05) is 12.1 Å². The topological polar surface area (TPSA) is 12.0 Å². The van der Waals surface area contributed by atoms with Crippen LogP contribution in [0.1, 0.15) is 38.3 Å². The van der Waals surface area contributed by atoms with Crippen LogP contribution in [0.25, 0.3) is 0 Å². The summed E-state index contributed by atoms with van der Waals surface area (Å²) in [6, 6.07) is 6.37. The Labute approximate surface area is 117 Å². The maximum atomic E-state index is 6.33. The van der Waals surface area contributed by atoms with Crippen LogP contribution in [0.4, 0.5) is 0 Å². The first-order valence-corrected chi connectivity index (χ1v) is 7.05. The minimum absolute atomic E-state index is 0.293. The predicted octanol–water partition coefficient (Wildman–Crippen LogP) is 5.11. The van der Waals surface area contributed by atoms with Gasteiger partial charge >= 0.3 is 0 Å². The maximum Gasteiger partial charge on any atom is 0.0595 e. The summed E-state index contributed by atoms with van der Waals surface area (Å²) in [6.07, 6.45) is 2.04. The van der Waals surface area contributed by atoms with E-state index in [-0.39, 0.29) is 0 Å². The third kappa shape index (κ3) is 4.46. The Morgan fingerprint density at radius 1 is 1.53 bits per heavy atom. The zero-order valence-electron chi connectivity index (χ0n) is 10.4. The number of allylic oxidation sites excluding steroid dienone is 1. The van der Waals surface area contributed by atoms with Crippen LogP contribution in [-0.4, -0.2) is 6.54 Å². The van der Waals surface area contributed by atoms with Crippen LogP contribution in [0.15, 0.2) is 34.8 Å². The molecule has 0 aliphatic heterocycles. The molecule has 1 rings (SSSR count). The van der Waals surface area contributed by atoms with E-state index >= 15 is 0 Å². The van der Waals surface area contributed by atoms with Crippen molar-refractivity contribution < 1.29 is 0 Å². The molecule has 17 heavy (non-hydrogen) atoms. The number of nitrogens with one attached hydrogen (secondary N) is 1. The van der Waals surface area contributed by atoms with Crippen molar-refractivity contribution in [3.63, 3.8) is 0 Å². The lowest BCUT2D eigenvalue weighted by Gasteiger charge is -2.20. The fourth-order valence-corrected chi connectivity index (χ4v) is 2.43. The second-order valence-corrected chi connectivity index (χ2v) is 5.48. The van der Waals surface area contributed by atoms with Gasteiger partial charge in [0.25, 0.3) is 0 Å². The number of benzene rings is 1. The normalized spacial score (nSPS) is 12.5. The van der Waals surface area contributed by atoms with Gasteiger partial charge in [-0.1, -0.05) is 36.2 Å². The molecule has 1 nitrogen and oxygen atoms in total. The lowest BCUT2D eigenvalue weighted by atomic mass is 10.00. The standard InChI is InChI=1S/C14H19BrClN/c1-4-17-13(9-8-10(2)3)11-6-5-7-12(15)14(11)16/h5-7,13,17H,2,4,8-9H2,1,3H3. The third-order valence-corrected chi connectivity index (χ3v) is 3.98. The highest BCUT2D eigenvalue weighted by Crippen LogP contribution is 2.32. The Balaban J connectivity index is 2.88. The number of hydrogen-bond donors (Lipinski definition) is 1. The van der Waals surface area contributed by atoms with Crippen molar-refractivity contribution in [3.8, 4) is 0 Å². The zero-order chi connectivity index (χ0) is 12.8. The molecule has 0 aliphatic rings. The van der Waals surface area contributed by atoms with Gasteiger partial charge in [-0.15, -0.1) is 6.58 Å². The van der Waals surface area contributed by atoms with Gasteiger partial charge in [0.05, 0.1) is 5.02 Å². The summed E-state index contributed by atoms with van der Waals surface area (Å²) in [6.45, 7) is 9.06. The van der Waals surface area contributed by atoms with Crippen molar-refractivity contribution >= 4 is 27.5 Å². The first kappa shape index (κ1) is 14.7. The van der Waals surface area contributed by atoms with E-state index in [0.29, 0.717) is 6.04 Å². The van der Waals surface area contributed by atoms with Gasteiger partial charge in [0.15, 0.2) is 0 Å². The fourth-order valence-electron chi connectivity index (χ4n) is 1.79. The predicted molar refractivity (Wildman–Crippen MR) is 79.6 cm³/mol. The van der Waals surface area contributed by atoms with Crippen LogP contribution in [0.5, 0.6) is 0 Å². The van der Waals surface area contributed by atoms with Crippen LogP contribution < -0.4 is 5.32 Å². The van der Waals surface area contributed by atoms with Crippen molar-refractivity contribution in [3.05, 3.63) is 45.4 Å². The molecule has 1 N–H and O–H groups in total. The van der Waals surface area contributed by atoms with E-state index in [2.05, 4.69) is 47.7 Å². The van der Waals surface area contributed by atoms with Gasteiger partial charge in [-0.25, -0.2) is 0 Å². The average Bonchev–Trinajstić information content (AvgIpc) is 2.28. The molecule has 0 saturated heterocycles. The minimum Gasteiger partial charge on any atom is -0.310 e. The molecule has 0 fully saturated rings. The van der Waals surface area contributed by atoms with Gasteiger partial charge < -0.3 is 5.32 Å². The van der Waals surface area contributed by atoms with Crippen LogP contribution in [0.2, 0.25) is 5.02 Å². The SMILES string of the molecule is C=C(C)CCC(NCC)c1cccc(Br)c1Cl. The highest BCUT2D eigenvalue weighted by atomic mass is 79.9. The second kappa shape index (κ2) is 7.20. The highest BCUT2D eigenvalue weighted by molar-refractivity contribution is 9.10. The molecule has 3 heteroatoms. The molecule has 1 unspecified atom stereocenters. The summed E-state index contributed by atoms with van der Waals surface area (Å²) >= 11 is 9.80. The van der Waals surface area contributed by atoms with E-state index in [1.165, 1.54) is 5.57 Å². The van der Waals surface area contributed by atoms with Gasteiger partial charge in [-0.2, -0.15) is 0 Å². The Morgan fingerprint density at radius 3 is 2.82 bits per heavy atom. The molecule has 0 heterocycles. The quantitative estimate of drug-likeness (QED) is 0.719. The van der Waals surface area contributed by atoms with E-state index < -0.39 is 0 Å². The van der Waals surface area contributed by atoms with Crippen molar-refractivity contribution in [2.45, 2.75) is 32.7 Å². The van der Waals surface area contributed by atoms with Gasteiger partial charge in [-0.3, -0.25) is 0 Å². The number of hydrogen-bond acceptors (Lipinski definition) is 1. The van der Waals surface area contributed by atoms with Gasteiger partial charge in [0, 0.05) is 10.5 Å². The molecular formula is C14H19BrClN. The van der Waals surface area contributed by atoms with Gasteiger partial charge in [-0.05, 0) is 53.9 Å². The highest BCUT2D eigenvalue weighted by Gasteiger charge is 2.14. The first-order chi connectivity index (χ1) is 8.06. The number of rotatable bonds is 6. The number of halogens is 2. The van der Waals surface area contributed by atoms with E-state index in [9.17, 15) is 0 Å². The summed E-state index contributed by atoms with van der Waals surface area (Å²) < 4.78 is 0.954. The smallest absolute Gasteiger partial charge is 0.0595 e. The zero-order valence-corrected chi connectivity index (χ0v) is 12.7. The van der Waals surface area contributed by atoms with Gasteiger partial charge in [0.1, 0.15) is 0 Å². The second-order valence-electron chi connectivity index (χ2n) is 4.25.